The molecule has 2 aromatic heterocycles. The van der Waals surface area contributed by atoms with Crippen molar-refractivity contribution in [3.8, 4) is 11.5 Å². The summed E-state index contributed by atoms with van der Waals surface area (Å²) in [5, 5.41) is 7.69. The molecule has 0 aliphatic heterocycles. The number of rotatable bonds is 8. The molecule has 4 rings (SSSR count). The number of aromatic nitrogens is 3. The van der Waals surface area contributed by atoms with E-state index >= 15 is 0 Å². The Labute approximate surface area is 189 Å². The second-order valence-electron chi connectivity index (χ2n) is 8.64. The first-order valence-corrected chi connectivity index (χ1v) is 11.5. The maximum atomic E-state index is 13.4. The highest BCUT2D eigenvalue weighted by molar-refractivity contribution is 5.98. The molecule has 0 saturated heterocycles. The Bertz CT molecular complexity index is 1020. The number of nitrogens with one attached hydrogen (secondary N) is 1. The summed E-state index contributed by atoms with van der Waals surface area (Å²) in [6, 6.07) is 10.6. The van der Waals surface area contributed by atoms with Crippen LogP contribution in [0.4, 0.5) is 4.39 Å². The van der Waals surface area contributed by atoms with Gasteiger partial charge in [0.2, 0.25) is 0 Å². The second-order valence-corrected chi connectivity index (χ2v) is 8.64. The Morgan fingerprint density at radius 1 is 1.16 bits per heavy atom. The molecule has 1 fully saturated rings. The Balaban J connectivity index is 1.47. The Morgan fingerprint density at radius 2 is 1.84 bits per heavy atom. The van der Waals surface area contributed by atoms with Crippen molar-refractivity contribution in [2.45, 2.75) is 51.5 Å². The fourth-order valence-electron chi connectivity index (χ4n) is 4.58. The van der Waals surface area contributed by atoms with E-state index in [0.29, 0.717) is 35.3 Å². The molecule has 32 heavy (non-hydrogen) atoms. The largest absolute Gasteiger partial charge is 0.352 e. The van der Waals surface area contributed by atoms with Crippen LogP contribution in [0.25, 0.3) is 11.5 Å². The first kappa shape index (κ1) is 22.3. The normalized spacial score (nSPS) is 14.8. The van der Waals surface area contributed by atoms with E-state index in [-0.39, 0.29) is 11.7 Å². The van der Waals surface area contributed by atoms with Crippen molar-refractivity contribution in [3.05, 3.63) is 65.9 Å². The smallest absolute Gasteiger partial charge is 0.256 e. The van der Waals surface area contributed by atoms with Crippen LogP contribution in [-0.4, -0.2) is 51.3 Å². The van der Waals surface area contributed by atoms with Crippen LogP contribution in [-0.2, 0) is 0 Å². The van der Waals surface area contributed by atoms with Gasteiger partial charge < -0.3 is 14.8 Å². The van der Waals surface area contributed by atoms with Crippen LogP contribution < -0.4 is 5.32 Å². The van der Waals surface area contributed by atoms with E-state index in [1.807, 2.05) is 36.0 Å². The molecule has 0 atom stereocenters. The lowest BCUT2D eigenvalue weighted by Gasteiger charge is -2.31. The molecule has 0 radical (unpaired) electrons. The molecule has 170 valence electrons. The van der Waals surface area contributed by atoms with Gasteiger partial charge in [-0.3, -0.25) is 4.79 Å². The Kier molecular flexibility index (Phi) is 7.05. The number of aryl methyl sites for hydroxylation is 1. The van der Waals surface area contributed by atoms with Gasteiger partial charge in [-0.2, -0.15) is 5.10 Å². The van der Waals surface area contributed by atoms with Crippen molar-refractivity contribution in [1.82, 2.24) is 24.6 Å². The quantitative estimate of drug-likeness (QED) is 0.528. The molecule has 1 aliphatic carbocycles. The molecule has 1 amide bonds. The highest BCUT2D eigenvalue weighted by Gasteiger charge is 2.24. The topological polar surface area (TPSA) is 55.1 Å². The highest BCUT2D eigenvalue weighted by Crippen LogP contribution is 2.24. The zero-order valence-corrected chi connectivity index (χ0v) is 18.9. The van der Waals surface area contributed by atoms with Crippen molar-refractivity contribution >= 4 is 5.91 Å². The number of hydrogen-bond acceptors (Lipinski definition) is 3. The molecule has 1 aliphatic rings. The molecule has 1 N–H and O–H groups in total. The fraction of sp³-hybridized carbons (Fsp3) is 0.440. The van der Waals surface area contributed by atoms with Crippen molar-refractivity contribution in [3.63, 3.8) is 0 Å². The van der Waals surface area contributed by atoms with Crippen molar-refractivity contribution < 1.29 is 9.18 Å². The van der Waals surface area contributed by atoms with Crippen LogP contribution in [0.15, 0.2) is 48.8 Å². The van der Waals surface area contributed by atoms with Gasteiger partial charge in [-0.1, -0.05) is 19.3 Å². The molecule has 6 nitrogen and oxygen atoms in total. The van der Waals surface area contributed by atoms with E-state index < -0.39 is 0 Å². The van der Waals surface area contributed by atoms with Gasteiger partial charge >= 0.3 is 0 Å². The maximum Gasteiger partial charge on any atom is 0.256 e. The van der Waals surface area contributed by atoms with E-state index in [1.54, 1.807) is 16.8 Å². The van der Waals surface area contributed by atoms with Crippen LogP contribution in [0.3, 0.4) is 0 Å². The SMILES string of the molecule is Cc1nn(-c2ccc(F)cc2)c(-n2cccc2)c1C(=O)NCCCN(C)C1CCCCC1. The zero-order valence-electron chi connectivity index (χ0n) is 18.9. The van der Waals surface area contributed by atoms with Gasteiger partial charge in [-0.05, 0) is 76.2 Å². The van der Waals surface area contributed by atoms with E-state index in [2.05, 4.69) is 22.4 Å². The first-order chi connectivity index (χ1) is 15.5. The summed E-state index contributed by atoms with van der Waals surface area (Å²) in [5.74, 6) is 0.201. The molecule has 2 heterocycles. The highest BCUT2D eigenvalue weighted by atomic mass is 19.1. The number of amides is 1. The third-order valence-electron chi connectivity index (χ3n) is 6.35. The zero-order chi connectivity index (χ0) is 22.5. The lowest BCUT2D eigenvalue weighted by molar-refractivity contribution is 0.0950. The summed E-state index contributed by atoms with van der Waals surface area (Å²) in [7, 11) is 2.19. The Hall–Kier alpha value is -2.93. The van der Waals surface area contributed by atoms with Gasteiger partial charge in [0.1, 0.15) is 11.4 Å². The van der Waals surface area contributed by atoms with E-state index in [0.717, 1.165) is 13.0 Å². The predicted octanol–water partition coefficient (Wildman–Crippen LogP) is 4.49. The fourth-order valence-corrected chi connectivity index (χ4v) is 4.58. The average molecular weight is 438 g/mol. The van der Waals surface area contributed by atoms with Gasteiger partial charge in [-0.25, -0.2) is 9.07 Å². The van der Waals surface area contributed by atoms with Gasteiger partial charge in [0.25, 0.3) is 5.91 Å². The molecule has 0 bridgehead atoms. The standard InChI is InChI=1S/C25H32FN5O/c1-19-23(24(32)27-15-8-16-29(2)21-9-4-3-5-10-21)25(30-17-6-7-18-30)31(28-19)22-13-11-20(26)12-14-22/h6-7,11-14,17-18,21H,3-5,8-10,15-16H2,1-2H3,(H,27,32). The first-order valence-electron chi connectivity index (χ1n) is 11.5. The summed E-state index contributed by atoms with van der Waals surface area (Å²) < 4.78 is 17.0. The Morgan fingerprint density at radius 3 is 2.53 bits per heavy atom. The number of carbonyl (C=O) groups excluding carboxylic acids is 1. The summed E-state index contributed by atoms with van der Waals surface area (Å²) in [4.78, 5) is 15.6. The summed E-state index contributed by atoms with van der Waals surface area (Å²) in [5.41, 5.74) is 1.87. The molecule has 1 saturated carbocycles. The number of halogens is 1. The van der Waals surface area contributed by atoms with Crippen LogP contribution in [0.2, 0.25) is 0 Å². The summed E-state index contributed by atoms with van der Waals surface area (Å²) in [6.45, 7) is 3.42. The third kappa shape index (κ3) is 4.93. The molecular formula is C25H32FN5O. The lowest BCUT2D eigenvalue weighted by atomic mass is 9.94. The van der Waals surface area contributed by atoms with E-state index in [1.165, 1.54) is 44.2 Å². The summed E-state index contributed by atoms with van der Waals surface area (Å²) >= 11 is 0. The molecule has 1 aromatic carbocycles. The molecular weight excluding hydrogens is 405 g/mol. The van der Waals surface area contributed by atoms with E-state index in [9.17, 15) is 9.18 Å². The average Bonchev–Trinajstić information content (AvgIpc) is 3.45. The van der Waals surface area contributed by atoms with Crippen molar-refractivity contribution in [2.75, 3.05) is 20.1 Å². The minimum absolute atomic E-state index is 0.139. The van der Waals surface area contributed by atoms with Gasteiger partial charge in [0.15, 0.2) is 5.82 Å². The predicted molar refractivity (Wildman–Crippen MR) is 124 cm³/mol. The van der Waals surface area contributed by atoms with Gasteiger partial charge in [-0.15, -0.1) is 0 Å². The van der Waals surface area contributed by atoms with Crippen LogP contribution in [0.1, 0.15) is 54.6 Å². The van der Waals surface area contributed by atoms with E-state index in [4.69, 9.17) is 0 Å². The molecule has 3 aromatic rings. The number of hydrogen-bond donors (Lipinski definition) is 1. The maximum absolute atomic E-state index is 13.4. The number of carbonyl (C=O) groups is 1. The minimum Gasteiger partial charge on any atom is -0.352 e. The number of nitrogens with zero attached hydrogens (tertiary/aromatic N) is 4. The van der Waals surface area contributed by atoms with Crippen molar-refractivity contribution in [1.29, 1.82) is 0 Å². The molecule has 7 heteroatoms. The monoisotopic (exact) mass is 437 g/mol. The van der Waals surface area contributed by atoms with Gasteiger partial charge in [0, 0.05) is 25.0 Å². The van der Waals surface area contributed by atoms with Crippen LogP contribution >= 0.6 is 0 Å². The molecule has 0 unspecified atom stereocenters. The third-order valence-corrected chi connectivity index (χ3v) is 6.35. The van der Waals surface area contributed by atoms with Crippen LogP contribution in [0.5, 0.6) is 0 Å². The lowest BCUT2D eigenvalue weighted by Crippen LogP contribution is -2.36. The summed E-state index contributed by atoms with van der Waals surface area (Å²) in [6.07, 6.45) is 11.2. The second kappa shape index (κ2) is 10.1. The molecule has 0 spiro atoms. The minimum atomic E-state index is -0.309. The van der Waals surface area contributed by atoms with Crippen molar-refractivity contribution in [2.24, 2.45) is 0 Å². The number of benzene rings is 1. The van der Waals surface area contributed by atoms with Crippen LogP contribution in [0, 0.1) is 12.7 Å². The van der Waals surface area contributed by atoms with Gasteiger partial charge in [0.05, 0.1) is 11.4 Å².